The fourth-order valence-electron chi connectivity index (χ4n) is 0. The van der Waals surface area contributed by atoms with Crippen molar-refractivity contribution in [2.24, 2.45) is 0 Å². The molecule has 0 aromatic rings. The number of ketones is 1. The minimum atomic E-state index is -0.0833. The van der Waals surface area contributed by atoms with Crippen LogP contribution in [0.3, 0.4) is 0 Å². The molecule has 0 N–H and O–H groups in total. The number of Topliss-reactive ketones (excluding diaryl/α,β-unsaturated/α-hetero) is 1. The fourth-order valence-corrected chi connectivity index (χ4v) is 0. The maximum atomic E-state index is 9.33. The van der Waals surface area contributed by atoms with Gasteiger partial charge in [0.05, 0.1) is 0 Å². The number of hydrogen-bond acceptors (Lipinski definition) is 1. The first-order valence-corrected chi connectivity index (χ1v) is 1.06. The average Bonchev–Trinajstić information content (AvgIpc) is 0.811. The van der Waals surface area contributed by atoms with Crippen LogP contribution in [-0.4, -0.2) is 5.78 Å². The molecule has 0 aliphatic carbocycles. The Morgan fingerprint density at radius 2 is 1.80 bits per heavy atom. The number of rotatable bonds is 0. The van der Waals surface area contributed by atoms with Crippen LogP contribution in [0.4, 0.5) is 0 Å². The predicted octanol–water partition coefficient (Wildman–Crippen LogP) is 0.407. The van der Waals surface area contributed by atoms with Crippen molar-refractivity contribution in [3.63, 3.8) is 0 Å². The maximum Gasteiger partial charge on any atom is 0 e. The number of hydrogen-bond donors (Lipinski definition) is 0. The van der Waals surface area contributed by atoms with Gasteiger partial charge < -0.3 is 11.7 Å². The summed E-state index contributed by atoms with van der Waals surface area (Å²) in [6, 6.07) is 0. The molecular formula is C3H5IrO-. The molecule has 0 bridgehead atoms. The first kappa shape index (κ1) is 8.95. The third-order valence-electron chi connectivity index (χ3n) is 0. The Morgan fingerprint density at radius 1 is 1.80 bits per heavy atom. The van der Waals surface area contributed by atoms with Crippen molar-refractivity contribution in [2.45, 2.75) is 6.92 Å². The van der Waals surface area contributed by atoms with Gasteiger partial charge in [-0.15, -0.1) is 0 Å². The average molecular weight is 249 g/mol. The molecule has 0 atom stereocenters. The van der Waals surface area contributed by atoms with E-state index in [0.717, 1.165) is 0 Å². The summed E-state index contributed by atoms with van der Waals surface area (Å²) in [5.74, 6) is -0.0833. The van der Waals surface area contributed by atoms with Gasteiger partial charge in [0.15, 0.2) is 0 Å². The minimum Gasteiger partial charge on any atom is -0.340 e. The Kier molecular flexibility index (Phi) is 7.50. The summed E-state index contributed by atoms with van der Waals surface area (Å²) in [6.07, 6.45) is 0. The van der Waals surface area contributed by atoms with Gasteiger partial charge in [-0.1, -0.05) is 0 Å². The van der Waals surface area contributed by atoms with Gasteiger partial charge in [0, 0.05) is 20.1 Å². The summed E-state index contributed by atoms with van der Waals surface area (Å²) in [7, 11) is 0. The Balaban J connectivity index is 0. The van der Waals surface area contributed by atoms with Crippen molar-refractivity contribution in [3.05, 3.63) is 6.92 Å². The van der Waals surface area contributed by atoms with Gasteiger partial charge in [0.1, 0.15) is 0 Å². The summed E-state index contributed by atoms with van der Waals surface area (Å²) < 4.78 is 0. The quantitative estimate of drug-likeness (QED) is 0.568. The van der Waals surface area contributed by atoms with Crippen LogP contribution in [0.25, 0.3) is 0 Å². The third kappa shape index (κ3) is 560. The summed E-state index contributed by atoms with van der Waals surface area (Å²) in [5.41, 5.74) is 0. The van der Waals surface area contributed by atoms with Crippen LogP contribution in [-0.2, 0) is 24.9 Å². The van der Waals surface area contributed by atoms with E-state index in [1.165, 1.54) is 6.92 Å². The van der Waals surface area contributed by atoms with Gasteiger partial charge in [-0.3, -0.25) is 0 Å². The molecule has 0 aliphatic heterocycles. The van der Waals surface area contributed by atoms with E-state index in [1.54, 1.807) is 0 Å². The van der Waals surface area contributed by atoms with E-state index in [2.05, 4.69) is 6.92 Å². The minimum absolute atomic E-state index is 0. The second-order valence-corrected chi connectivity index (χ2v) is 0.702. The molecule has 0 saturated carbocycles. The van der Waals surface area contributed by atoms with Crippen molar-refractivity contribution in [2.75, 3.05) is 0 Å². The topological polar surface area (TPSA) is 17.1 Å². The molecule has 0 aromatic carbocycles. The maximum absolute atomic E-state index is 9.33. The molecule has 1 radical (unpaired) electrons. The Hall–Kier alpha value is 0.189. The predicted molar refractivity (Wildman–Crippen MR) is 16.0 cm³/mol. The van der Waals surface area contributed by atoms with Gasteiger partial charge in [-0.25, -0.2) is 0 Å². The molecule has 0 heterocycles. The van der Waals surface area contributed by atoms with Crippen LogP contribution in [0, 0.1) is 6.92 Å². The zero-order valence-electron chi connectivity index (χ0n) is 2.95. The van der Waals surface area contributed by atoms with Crippen LogP contribution in [0.5, 0.6) is 0 Å². The standard InChI is InChI=1S/C3H5O.Ir/c1-3(2)4;/h1H2,2H3;/q-1;. The Bertz CT molecular complexity index is 29.9. The third-order valence-corrected chi connectivity index (χ3v) is 0. The van der Waals surface area contributed by atoms with Gasteiger partial charge in [-0.05, 0) is 12.7 Å². The first-order chi connectivity index (χ1) is 1.73. The van der Waals surface area contributed by atoms with Gasteiger partial charge in [-0.2, -0.15) is 0 Å². The zero-order valence-corrected chi connectivity index (χ0v) is 5.34. The van der Waals surface area contributed by atoms with E-state index < -0.39 is 0 Å². The molecule has 0 aromatic heterocycles. The molecule has 0 aliphatic rings. The molecular weight excluding hydrogens is 244 g/mol. The van der Waals surface area contributed by atoms with E-state index >= 15 is 0 Å². The second-order valence-electron chi connectivity index (χ2n) is 0.702. The van der Waals surface area contributed by atoms with Crippen molar-refractivity contribution in [1.82, 2.24) is 0 Å². The summed E-state index contributed by atoms with van der Waals surface area (Å²) in [4.78, 5) is 9.33. The van der Waals surface area contributed by atoms with Crippen molar-refractivity contribution >= 4 is 5.78 Å². The van der Waals surface area contributed by atoms with Crippen molar-refractivity contribution < 1.29 is 24.9 Å². The van der Waals surface area contributed by atoms with E-state index in [0.29, 0.717) is 0 Å². The largest absolute Gasteiger partial charge is 0.340 e. The Morgan fingerprint density at radius 3 is 1.80 bits per heavy atom. The van der Waals surface area contributed by atoms with E-state index in [1.807, 2.05) is 0 Å². The molecule has 5 heavy (non-hydrogen) atoms. The normalized spacial score (nSPS) is 5.00. The van der Waals surface area contributed by atoms with Gasteiger partial charge in [0.25, 0.3) is 0 Å². The van der Waals surface area contributed by atoms with Gasteiger partial charge in [0.2, 0.25) is 0 Å². The molecule has 0 spiro atoms. The molecule has 0 unspecified atom stereocenters. The van der Waals surface area contributed by atoms with Crippen LogP contribution in [0.1, 0.15) is 6.92 Å². The fraction of sp³-hybridized carbons (Fsp3) is 0.333. The number of carbonyl (C=O) groups excluding carboxylic acids is 1. The number of carbonyl (C=O) groups is 1. The molecule has 0 saturated heterocycles. The van der Waals surface area contributed by atoms with Crippen molar-refractivity contribution in [3.8, 4) is 0 Å². The monoisotopic (exact) mass is 250 g/mol. The molecule has 33 valence electrons. The van der Waals surface area contributed by atoms with E-state index in [-0.39, 0.29) is 25.9 Å². The molecule has 2 heteroatoms. The van der Waals surface area contributed by atoms with Gasteiger partial charge >= 0.3 is 0 Å². The van der Waals surface area contributed by atoms with Crippen molar-refractivity contribution in [1.29, 1.82) is 0 Å². The summed E-state index contributed by atoms with van der Waals surface area (Å²) >= 11 is 0. The smallest absolute Gasteiger partial charge is 0 e. The zero-order chi connectivity index (χ0) is 3.58. The molecule has 0 amide bonds. The van der Waals surface area contributed by atoms with Crippen LogP contribution in [0.15, 0.2) is 0 Å². The van der Waals surface area contributed by atoms with Crippen LogP contribution < -0.4 is 0 Å². The SMILES string of the molecule is [CH2-]C(C)=O.[Ir]. The van der Waals surface area contributed by atoms with Crippen LogP contribution in [0.2, 0.25) is 0 Å². The van der Waals surface area contributed by atoms with Crippen LogP contribution >= 0.6 is 0 Å². The second kappa shape index (κ2) is 4.19. The summed E-state index contributed by atoms with van der Waals surface area (Å²) in [5, 5.41) is 0. The van der Waals surface area contributed by atoms with E-state index in [9.17, 15) is 4.79 Å². The first-order valence-electron chi connectivity index (χ1n) is 1.06. The molecule has 0 fully saturated rings. The Labute approximate surface area is 45.1 Å². The molecule has 1 nitrogen and oxygen atoms in total. The summed E-state index contributed by atoms with van der Waals surface area (Å²) in [6.45, 7) is 4.42. The van der Waals surface area contributed by atoms with E-state index in [4.69, 9.17) is 0 Å². The molecule has 0 rings (SSSR count).